The molecular weight excluding hydrogens is 500 g/mol. The molecule has 2 aliphatic rings. The van der Waals surface area contributed by atoms with Gasteiger partial charge in [-0.15, -0.1) is 12.3 Å². The van der Waals surface area contributed by atoms with Gasteiger partial charge < -0.3 is 27.4 Å². The zero-order valence-electron chi connectivity index (χ0n) is 21.8. The zero-order chi connectivity index (χ0) is 28.7. The van der Waals surface area contributed by atoms with Crippen molar-refractivity contribution in [3.63, 3.8) is 0 Å². The fraction of sp³-hybridized carbons (Fsp3) is 0.609. The Hall–Kier alpha value is -3.61. The highest BCUT2D eigenvalue weighted by molar-refractivity contribution is 6.68. The number of halogens is 2. The molecule has 1 saturated heterocycles. The third kappa shape index (κ3) is 8.47. The van der Waals surface area contributed by atoms with E-state index in [2.05, 4.69) is 36.2 Å². The van der Waals surface area contributed by atoms with E-state index >= 15 is 0 Å². The largest absolute Gasteiger partial charge is 0.350 e. The van der Waals surface area contributed by atoms with Crippen molar-refractivity contribution in [1.82, 2.24) is 20.5 Å². The smallest absolute Gasteiger partial charge is 0.275 e. The first-order valence-corrected chi connectivity index (χ1v) is 11.9. The highest BCUT2D eigenvalue weighted by Gasteiger charge is 2.42. The van der Waals surface area contributed by atoms with Crippen molar-refractivity contribution < 1.29 is 18.2 Å². The van der Waals surface area contributed by atoms with Crippen molar-refractivity contribution in [3.8, 4) is 12.3 Å². The van der Waals surface area contributed by atoms with Crippen molar-refractivity contribution in [3.05, 3.63) is 11.4 Å². The van der Waals surface area contributed by atoms with Gasteiger partial charge in [-0.1, -0.05) is 25.9 Å². The number of nitrogens with one attached hydrogen (secondary N) is 3. The minimum Gasteiger partial charge on any atom is -0.350 e. The van der Waals surface area contributed by atoms with Crippen molar-refractivity contribution in [2.75, 3.05) is 19.6 Å². The minimum absolute atomic E-state index is 0.0748. The number of likely N-dealkylation sites (tertiary alicyclic amines) is 1. The summed E-state index contributed by atoms with van der Waals surface area (Å²) in [5, 5.41) is 25.1. The Kier molecular flexibility index (Phi) is 9.90. The molecule has 0 radical (unpaired) electrons. The van der Waals surface area contributed by atoms with Crippen LogP contribution < -0.4 is 22.5 Å². The summed E-state index contributed by atoms with van der Waals surface area (Å²) in [7, 11) is 0. The average molecular weight is 536 g/mol. The minimum atomic E-state index is -2.75. The molecule has 9 N–H and O–H groups in total. The molecule has 1 aromatic rings. The lowest BCUT2D eigenvalue weighted by atomic mass is 9.94. The summed E-state index contributed by atoms with van der Waals surface area (Å²) in [6, 6.07) is 0. The average Bonchev–Trinajstić information content (AvgIpc) is 3.45. The second-order valence-corrected chi connectivity index (χ2v) is 10.1. The van der Waals surface area contributed by atoms with Crippen LogP contribution in [0.5, 0.6) is 0 Å². The lowest BCUT2D eigenvalue weighted by Crippen LogP contribution is -2.51. The Morgan fingerprint density at radius 1 is 1.24 bits per heavy atom. The Morgan fingerprint density at radius 3 is 2.47 bits per heavy atom. The van der Waals surface area contributed by atoms with E-state index in [1.54, 1.807) is 0 Å². The van der Waals surface area contributed by atoms with E-state index in [-0.39, 0.29) is 48.0 Å². The number of amides is 1. The quantitative estimate of drug-likeness (QED) is 0.216. The van der Waals surface area contributed by atoms with Gasteiger partial charge >= 0.3 is 0 Å². The molecule has 0 aromatic carbocycles. The van der Waals surface area contributed by atoms with Gasteiger partial charge in [0.1, 0.15) is 17.2 Å². The highest BCUT2D eigenvalue weighted by Crippen LogP contribution is 2.28. The second-order valence-electron chi connectivity index (χ2n) is 10.1. The first-order chi connectivity index (χ1) is 17.6. The van der Waals surface area contributed by atoms with Gasteiger partial charge in [-0.05, 0) is 18.0 Å². The number of amidine groups is 3. The molecular formula is C23H35F2N11O2. The van der Waals surface area contributed by atoms with E-state index in [1.165, 1.54) is 4.90 Å². The van der Waals surface area contributed by atoms with E-state index in [0.29, 0.717) is 37.3 Å². The van der Waals surface area contributed by atoms with Crippen molar-refractivity contribution in [2.45, 2.75) is 64.6 Å². The first kappa shape index (κ1) is 30.6. The number of carbonyl (C=O) groups is 1. The molecule has 0 spiro atoms. The first-order valence-electron chi connectivity index (χ1n) is 11.9. The third-order valence-electron chi connectivity index (χ3n) is 5.61. The van der Waals surface area contributed by atoms with E-state index < -0.39 is 24.0 Å². The molecule has 0 aliphatic carbocycles. The molecule has 2 aliphatic heterocycles. The van der Waals surface area contributed by atoms with Gasteiger partial charge in [-0.25, -0.2) is 23.4 Å². The normalized spacial score (nSPS) is 17.3. The number of aromatic nitrogens is 2. The summed E-state index contributed by atoms with van der Waals surface area (Å²) in [5.41, 5.74) is 15.9. The Bertz CT molecular complexity index is 1140. The molecule has 38 heavy (non-hydrogen) atoms. The molecule has 208 valence electrons. The van der Waals surface area contributed by atoms with Crippen LogP contribution in [0.3, 0.4) is 0 Å². The molecule has 0 bridgehead atoms. The summed E-state index contributed by atoms with van der Waals surface area (Å²) >= 11 is 0. The predicted octanol–water partition coefficient (Wildman–Crippen LogP) is 0.856. The lowest BCUT2D eigenvalue weighted by Gasteiger charge is -2.27. The van der Waals surface area contributed by atoms with E-state index in [4.69, 9.17) is 34.4 Å². The summed E-state index contributed by atoms with van der Waals surface area (Å²) in [6.45, 7) is 5.73. The zero-order valence-corrected chi connectivity index (χ0v) is 21.8. The molecule has 3 heterocycles. The standard InChI is InChI=1S/C12H17F2N5.C11H18N6O2/c1-11(2,3)10-17-8(16)7(15)9(18-10)19-5-4-12(13,14)6-19;1-2-3-4-11(13,14)5-6-15-10(18)9-8(7-12)16-19-17-9/h15-16H,4-6H2,1-3H3;1H,3-7,12-14H2,(H,15,18). The molecule has 13 nitrogen and oxygen atoms in total. The molecule has 0 atom stereocenters. The number of hydrogen-bond acceptors (Lipinski definition) is 11. The fourth-order valence-electron chi connectivity index (χ4n) is 3.37. The fourth-order valence-corrected chi connectivity index (χ4v) is 3.37. The Labute approximate surface area is 219 Å². The highest BCUT2D eigenvalue weighted by atomic mass is 19.3. The summed E-state index contributed by atoms with van der Waals surface area (Å²) in [4.78, 5) is 21.3. The molecule has 0 saturated carbocycles. The molecule has 1 aromatic heterocycles. The van der Waals surface area contributed by atoms with Crippen molar-refractivity contribution in [1.29, 1.82) is 10.8 Å². The van der Waals surface area contributed by atoms with Crippen LogP contribution in [0.2, 0.25) is 0 Å². The molecule has 0 unspecified atom stereocenters. The van der Waals surface area contributed by atoms with Crippen molar-refractivity contribution in [2.24, 2.45) is 32.6 Å². The number of aliphatic imine (C=N–C) groups is 2. The molecule has 15 heteroatoms. The van der Waals surface area contributed by atoms with Gasteiger partial charge in [-0.2, -0.15) is 0 Å². The van der Waals surface area contributed by atoms with Gasteiger partial charge in [0.05, 0.1) is 12.2 Å². The third-order valence-corrected chi connectivity index (χ3v) is 5.61. The number of nitrogens with two attached hydrogens (primary N) is 3. The van der Waals surface area contributed by atoms with Crippen LogP contribution in [0.15, 0.2) is 14.6 Å². The molecule has 1 fully saturated rings. The van der Waals surface area contributed by atoms with Crippen LogP contribution in [-0.4, -0.2) is 75.6 Å². The van der Waals surface area contributed by atoms with Crippen molar-refractivity contribution >= 4 is 29.1 Å². The number of alkyl halides is 2. The summed E-state index contributed by atoms with van der Waals surface area (Å²) in [6.07, 6.45) is 6.27. The topological polar surface area (TPSA) is 222 Å². The number of terminal acetylenes is 1. The Morgan fingerprint density at radius 2 is 1.92 bits per heavy atom. The molecule has 3 rings (SSSR count). The van der Waals surface area contributed by atoms with E-state index in [0.717, 1.165) is 0 Å². The maximum absolute atomic E-state index is 13.3. The predicted molar refractivity (Wildman–Crippen MR) is 139 cm³/mol. The van der Waals surface area contributed by atoms with Gasteiger partial charge in [0.15, 0.2) is 17.4 Å². The van der Waals surface area contributed by atoms with Gasteiger partial charge in [0.25, 0.3) is 11.8 Å². The second kappa shape index (κ2) is 12.3. The van der Waals surface area contributed by atoms with E-state index in [9.17, 15) is 13.6 Å². The van der Waals surface area contributed by atoms with Crippen LogP contribution in [0, 0.1) is 28.6 Å². The van der Waals surface area contributed by atoms with Crippen LogP contribution >= 0.6 is 0 Å². The maximum Gasteiger partial charge on any atom is 0.275 e. The Balaban J connectivity index is 0.000000267. The van der Waals surface area contributed by atoms with Crippen LogP contribution in [0.1, 0.15) is 62.6 Å². The lowest BCUT2D eigenvalue weighted by molar-refractivity contribution is 0.0177. The van der Waals surface area contributed by atoms with Gasteiger partial charge in [-0.3, -0.25) is 15.6 Å². The monoisotopic (exact) mass is 535 g/mol. The van der Waals surface area contributed by atoms with Gasteiger partial charge in [0.2, 0.25) is 0 Å². The number of carbonyl (C=O) groups excluding carboxylic acids is 1. The SMILES string of the molecule is C#CCCC(N)(N)CCNC(=O)c1nonc1CN.CC(C)(C)C1=NC(=N)C(=N)C(N2CCC(F)(F)C2)=N1. The number of rotatable bonds is 7. The summed E-state index contributed by atoms with van der Waals surface area (Å²) < 4.78 is 31.0. The maximum atomic E-state index is 13.3. The van der Waals surface area contributed by atoms with Gasteiger partial charge in [0, 0.05) is 37.9 Å². The van der Waals surface area contributed by atoms with E-state index in [1.807, 2.05) is 20.8 Å². The van der Waals surface area contributed by atoms with Crippen LogP contribution in [0.4, 0.5) is 8.78 Å². The molecule has 1 amide bonds. The number of hydrogen-bond donors (Lipinski definition) is 6. The number of nitrogens with zero attached hydrogens (tertiary/aromatic N) is 5. The van der Waals surface area contributed by atoms with Crippen LogP contribution in [-0.2, 0) is 6.54 Å². The van der Waals surface area contributed by atoms with Crippen LogP contribution in [0.25, 0.3) is 0 Å². The summed E-state index contributed by atoms with van der Waals surface area (Å²) in [5.74, 6) is -0.377.